The van der Waals surface area contributed by atoms with Crippen LogP contribution in [0.5, 0.6) is 0 Å². The number of likely N-dealkylation sites (tertiary alicyclic amines) is 1. The molecule has 1 aliphatic carbocycles. The molecule has 0 spiro atoms. The van der Waals surface area contributed by atoms with Gasteiger partial charge in [-0.05, 0) is 68.4 Å². The zero-order chi connectivity index (χ0) is 23.5. The van der Waals surface area contributed by atoms with E-state index in [2.05, 4.69) is 0 Å². The van der Waals surface area contributed by atoms with Crippen molar-refractivity contribution in [2.75, 3.05) is 6.54 Å². The Hall–Kier alpha value is -2.64. The maximum Gasteiger partial charge on any atom is 0.338 e. The van der Waals surface area contributed by atoms with Crippen LogP contribution in [0, 0.1) is 16.0 Å². The van der Waals surface area contributed by atoms with E-state index in [1.165, 1.54) is 24.3 Å². The lowest BCUT2D eigenvalue weighted by Gasteiger charge is -2.34. The number of ether oxygens (including phenoxy) is 1. The summed E-state index contributed by atoms with van der Waals surface area (Å²) >= 11 is 12.3. The number of esters is 1. The lowest BCUT2D eigenvalue weighted by Crippen LogP contribution is -2.41. The van der Waals surface area contributed by atoms with Crippen LogP contribution >= 0.6 is 23.2 Å². The Labute approximate surface area is 201 Å². The Kier molecular flexibility index (Phi) is 7.20. The fourth-order valence-corrected chi connectivity index (χ4v) is 5.17. The molecule has 9 heteroatoms. The molecule has 1 unspecified atom stereocenters. The summed E-state index contributed by atoms with van der Waals surface area (Å²) in [5.74, 6) is -0.404. The molecule has 33 heavy (non-hydrogen) atoms. The lowest BCUT2D eigenvalue weighted by molar-refractivity contribution is -0.384. The van der Waals surface area contributed by atoms with E-state index in [1.54, 1.807) is 12.1 Å². The Morgan fingerprint density at radius 2 is 1.76 bits per heavy atom. The second-order valence-corrected chi connectivity index (χ2v) is 9.44. The van der Waals surface area contributed by atoms with Crippen LogP contribution in [0.2, 0.25) is 10.0 Å². The van der Waals surface area contributed by atoms with E-state index in [4.69, 9.17) is 27.9 Å². The van der Waals surface area contributed by atoms with Gasteiger partial charge in [-0.3, -0.25) is 14.9 Å². The molecule has 2 aliphatic rings. The second-order valence-electron chi connectivity index (χ2n) is 8.60. The summed E-state index contributed by atoms with van der Waals surface area (Å²) in [6.07, 6.45) is 4.10. The summed E-state index contributed by atoms with van der Waals surface area (Å²) in [4.78, 5) is 37.6. The number of non-ortho nitro benzene ring substituents is 1. The topological polar surface area (TPSA) is 89.8 Å². The van der Waals surface area contributed by atoms with Gasteiger partial charge in [-0.2, -0.15) is 0 Å². The molecule has 7 nitrogen and oxygen atoms in total. The van der Waals surface area contributed by atoms with Gasteiger partial charge < -0.3 is 9.64 Å². The predicted octanol–water partition coefficient (Wildman–Crippen LogP) is 5.46. The average Bonchev–Trinajstić information content (AvgIpc) is 3.16. The van der Waals surface area contributed by atoms with Crippen LogP contribution in [-0.4, -0.2) is 40.4 Å². The van der Waals surface area contributed by atoms with E-state index in [9.17, 15) is 19.7 Å². The maximum atomic E-state index is 13.0. The Morgan fingerprint density at radius 1 is 1.06 bits per heavy atom. The smallest absolute Gasteiger partial charge is 0.338 e. The van der Waals surface area contributed by atoms with Crippen molar-refractivity contribution in [3.8, 4) is 0 Å². The minimum absolute atomic E-state index is 0.0704. The number of carbonyl (C=O) groups excluding carboxylic acids is 2. The van der Waals surface area contributed by atoms with Crippen molar-refractivity contribution >= 4 is 40.8 Å². The first-order chi connectivity index (χ1) is 15.8. The molecule has 1 saturated heterocycles. The molecule has 0 bridgehead atoms. The number of halogens is 2. The quantitative estimate of drug-likeness (QED) is 0.304. The number of benzene rings is 2. The SMILES string of the molecule is O=C(OC1CCC(N2CCC(Cc3ccc(Cl)cc3Cl)C2=O)CC1)c1ccc([N+](=O)[O-])cc1. The minimum atomic E-state index is -0.509. The first kappa shape index (κ1) is 23.5. The first-order valence-electron chi connectivity index (χ1n) is 11.0. The average molecular weight is 491 g/mol. The number of carbonyl (C=O) groups is 2. The standard InChI is InChI=1S/C24H24Cl2N2O5/c25-18-4-1-16(22(26)14-18)13-17-11-12-27(23(17)29)19-7-9-21(10-8-19)33-24(30)15-2-5-20(6-3-15)28(31)32/h1-6,14,17,19,21H,7-13H2. The van der Waals surface area contributed by atoms with Gasteiger partial charge in [0.2, 0.25) is 5.91 Å². The molecule has 0 aromatic heterocycles. The summed E-state index contributed by atoms with van der Waals surface area (Å²) in [5, 5.41) is 11.9. The zero-order valence-corrected chi connectivity index (χ0v) is 19.4. The van der Waals surface area contributed by atoms with Crippen molar-refractivity contribution in [1.82, 2.24) is 4.90 Å². The number of nitrogens with zero attached hydrogens (tertiary/aromatic N) is 2. The molecule has 1 amide bonds. The van der Waals surface area contributed by atoms with E-state index < -0.39 is 10.9 Å². The second kappa shape index (κ2) is 10.1. The lowest BCUT2D eigenvalue weighted by atomic mass is 9.91. The predicted molar refractivity (Wildman–Crippen MR) is 125 cm³/mol. The van der Waals surface area contributed by atoms with Gasteiger partial charge in [0.15, 0.2) is 0 Å². The van der Waals surface area contributed by atoms with Crippen LogP contribution in [0.25, 0.3) is 0 Å². The number of amides is 1. The van der Waals surface area contributed by atoms with Crippen molar-refractivity contribution in [2.45, 2.75) is 50.7 Å². The van der Waals surface area contributed by atoms with Crippen LogP contribution in [0.3, 0.4) is 0 Å². The molecule has 1 saturated carbocycles. The molecule has 2 aromatic rings. The Bertz CT molecular complexity index is 1050. The summed E-state index contributed by atoms with van der Waals surface area (Å²) < 4.78 is 5.60. The van der Waals surface area contributed by atoms with E-state index in [0.717, 1.165) is 31.4 Å². The monoisotopic (exact) mass is 490 g/mol. The van der Waals surface area contributed by atoms with Crippen molar-refractivity contribution < 1.29 is 19.2 Å². The molecule has 2 fully saturated rings. The summed E-state index contributed by atoms with van der Waals surface area (Å²) in [5.41, 5.74) is 1.16. The van der Waals surface area contributed by atoms with Crippen LogP contribution in [-0.2, 0) is 16.0 Å². The van der Waals surface area contributed by atoms with Crippen molar-refractivity contribution in [3.63, 3.8) is 0 Å². The molecule has 0 radical (unpaired) electrons. The highest BCUT2D eigenvalue weighted by Gasteiger charge is 2.38. The fourth-order valence-electron chi connectivity index (χ4n) is 4.68. The van der Waals surface area contributed by atoms with E-state index in [-0.39, 0.29) is 29.7 Å². The third-order valence-corrected chi connectivity index (χ3v) is 7.09. The van der Waals surface area contributed by atoms with E-state index >= 15 is 0 Å². The van der Waals surface area contributed by atoms with Gasteiger partial charge in [0.05, 0.1) is 10.5 Å². The summed E-state index contributed by atoms with van der Waals surface area (Å²) in [6, 6.07) is 10.9. The molecule has 1 atom stereocenters. The van der Waals surface area contributed by atoms with Gasteiger partial charge >= 0.3 is 5.97 Å². The van der Waals surface area contributed by atoms with Gasteiger partial charge in [-0.25, -0.2) is 4.79 Å². The van der Waals surface area contributed by atoms with Gasteiger partial charge in [-0.15, -0.1) is 0 Å². The molecule has 4 rings (SSSR count). The molecule has 1 heterocycles. The van der Waals surface area contributed by atoms with Crippen molar-refractivity contribution in [3.05, 3.63) is 73.8 Å². The number of hydrogen-bond donors (Lipinski definition) is 0. The summed E-state index contributed by atoms with van der Waals surface area (Å²) in [6.45, 7) is 0.729. The highest BCUT2D eigenvalue weighted by Crippen LogP contribution is 2.33. The van der Waals surface area contributed by atoms with E-state index in [0.29, 0.717) is 34.9 Å². The fraction of sp³-hybridized carbons (Fsp3) is 0.417. The molecule has 0 N–H and O–H groups in total. The molecular formula is C24H24Cl2N2O5. The minimum Gasteiger partial charge on any atom is -0.459 e. The largest absolute Gasteiger partial charge is 0.459 e. The van der Waals surface area contributed by atoms with Gasteiger partial charge in [0.1, 0.15) is 6.10 Å². The zero-order valence-electron chi connectivity index (χ0n) is 17.9. The van der Waals surface area contributed by atoms with Gasteiger partial charge in [0, 0.05) is 40.7 Å². The Balaban J connectivity index is 1.27. The van der Waals surface area contributed by atoms with E-state index in [1.807, 2.05) is 11.0 Å². The van der Waals surface area contributed by atoms with Gasteiger partial charge in [0.25, 0.3) is 5.69 Å². The molecular weight excluding hydrogens is 467 g/mol. The number of nitro benzene ring substituents is 1. The molecule has 174 valence electrons. The van der Waals surface area contributed by atoms with Crippen LogP contribution < -0.4 is 0 Å². The summed E-state index contributed by atoms with van der Waals surface area (Å²) in [7, 11) is 0. The number of hydrogen-bond acceptors (Lipinski definition) is 5. The molecule has 2 aromatic carbocycles. The first-order valence-corrected chi connectivity index (χ1v) is 11.8. The van der Waals surface area contributed by atoms with Crippen LogP contribution in [0.15, 0.2) is 42.5 Å². The van der Waals surface area contributed by atoms with Crippen molar-refractivity contribution in [1.29, 1.82) is 0 Å². The highest BCUT2D eigenvalue weighted by atomic mass is 35.5. The van der Waals surface area contributed by atoms with Gasteiger partial charge in [-0.1, -0.05) is 29.3 Å². The maximum absolute atomic E-state index is 13.0. The third kappa shape index (κ3) is 5.47. The highest BCUT2D eigenvalue weighted by molar-refractivity contribution is 6.35. The van der Waals surface area contributed by atoms with Crippen molar-refractivity contribution in [2.24, 2.45) is 5.92 Å². The van der Waals surface area contributed by atoms with Crippen LogP contribution in [0.4, 0.5) is 5.69 Å². The van der Waals surface area contributed by atoms with Crippen LogP contribution in [0.1, 0.15) is 48.0 Å². The normalized spacial score (nSPS) is 22.9. The number of nitro groups is 1. The third-order valence-electron chi connectivity index (χ3n) is 6.50. The molecule has 1 aliphatic heterocycles. The Morgan fingerprint density at radius 3 is 2.39 bits per heavy atom. The number of rotatable bonds is 6.